The zero-order chi connectivity index (χ0) is 16.7. The molecule has 2 rings (SSSR count). The van der Waals surface area contributed by atoms with Crippen LogP contribution in [0.1, 0.15) is 12.0 Å². The van der Waals surface area contributed by atoms with E-state index in [9.17, 15) is 10.1 Å². The first-order valence-electron chi connectivity index (χ1n) is 7.35. The van der Waals surface area contributed by atoms with E-state index in [2.05, 4.69) is 4.90 Å². The number of methoxy groups -OCH3 is 1. The summed E-state index contributed by atoms with van der Waals surface area (Å²) in [4.78, 5) is 12.9. The lowest BCUT2D eigenvalue weighted by molar-refractivity contribution is -0.386. The average Bonchev–Trinajstić information content (AvgIpc) is 2.58. The van der Waals surface area contributed by atoms with Crippen molar-refractivity contribution in [2.75, 3.05) is 46.6 Å². The molecule has 8 heteroatoms. The summed E-state index contributed by atoms with van der Waals surface area (Å²) in [7, 11) is 1.41. The quantitative estimate of drug-likeness (QED) is 0.427. The maximum Gasteiger partial charge on any atom is 0.332 e. The number of ether oxygens (including phenoxy) is 3. The van der Waals surface area contributed by atoms with Crippen LogP contribution >= 0.6 is 0 Å². The van der Waals surface area contributed by atoms with Gasteiger partial charge >= 0.3 is 5.69 Å². The van der Waals surface area contributed by atoms with Crippen molar-refractivity contribution in [2.45, 2.75) is 6.42 Å². The van der Waals surface area contributed by atoms with Crippen molar-refractivity contribution in [1.29, 1.82) is 5.26 Å². The number of morpholine rings is 1. The molecular weight excluding hydrogens is 302 g/mol. The fraction of sp³-hybridized carbons (Fsp3) is 0.533. The van der Waals surface area contributed by atoms with Crippen LogP contribution in [0.15, 0.2) is 12.1 Å². The number of nitro benzene ring substituents is 1. The molecule has 23 heavy (non-hydrogen) atoms. The molecule has 0 unspecified atom stereocenters. The van der Waals surface area contributed by atoms with Gasteiger partial charge in [-0.1, -0.05) is 0 Å². The topological polar surface area (TPSA) is 97.9 Å². The van der Waals surface area contributed by atoms with Crippen molar-refractivity contribution in [3.05, 3.63) is 27.8 Å². The zero-order valence-electron chi connectivity index (χ0n) is 13.0. The molecule has 1 heterocycles. The fourth-order valence-electron chi connectivity index (χ4n) is 2.41. The van der Waals surface area contributed by atoms with Crippen molar-refractivity contribution in [3.8, 4) is 17.6 Å². The van der Waals surface area contributed by atoms with Gasteiger partial charge in [0.05, 0.1) is 31.9 Å². The van der Waals surface area contributed by atoms with Gasteiger partial charge in [-0.05, 0) is 18.6 Å². The summed E-state index contributed by atoms with van der Waals surface area (Å²) in [6, 6.07) is 4.67. The van der Waals surface area contributed by atoms with E-state index in [0.29, 0.717) is 6.61 Å². The maximum atomic E-state index is 11.2. The smallest absolute Gasteiger partial charge is 0.332 e. The Labute approximate surface area is 134 Å². The van der Waals surface area contributed by atoms with Crippen LogP contribution in [0.4, 0.5) is 5.69 Å². The Balaban J connectivity index is 2.02. The fourth-order valence-corrected chi connectivity index (χ4v) is 2.41. The summed E-state index contributed by atoms with van der Waals surface area (Å²) in [5.41, 5.74) is -0.391. The molecule has 0 aliphatic carbocycles. The molecule has 1 aromatic rings. The third-order valence-corrected chi connectivity index (χ3v) is 3.59. The lowest BCUT2D eigenvalue weighted by atomic mass is 10.1. The minimum Gasteiger partial charge on any atom is -0.493 e. The van der Waals surface area contributed by atoms with Crippen molar-refractivity contribution in [2.24, 2.45) is 0 Å². The highest BCUT2D eigenvalue weighted by Crippen LogP contribution is 2.39. The Bertz CT molecular complexity index is 594. The predicted molar refractivity (Wildman–Crippen MR) is 81.7 cm³/mol. The molecule has 0 bridgehead atoms. The number of nitriles is 1. The molecule has 1 saturated heterocycles. The second kappa shape index (κ2) is 8.31. The minimum absolute atomic E-state index is 0.0125. The number of hydrogen-bond acceptors (Lipinski definition) is 7. The number of nitro groups is 1. The van der Waals surface area contributed by atoms with Crippen LogP contribution in [0.5, 0.6) is 11.5 Å². The molecule has 0 saturated carbocycles. The van der Waals surface area contributed by atoms with Crippen LogP contribution in [-0.2, 0) is 4.74 Å². The number of benzene rings is 1. The Morgan fingerprint density at radius 1 is 1.43 bits per heavy atom. The highest BCUT2D eigenvalue weighted by Gasteiger charge is 2.25. The van der Waals surface area contributed by atoms with E-state index in [1.807, 2.05) is 6.07 Å². The first kappa shape index (κ1) is 17.0. The molecule has 1 aromatic carbocycles. The normalized spacial score (nSPS) is 15.0. The number of nitrogens with zero attached hydrogens (tertiary/aromatic N) is 3. The van der Waals surface area contributed by atoms with Crippen molar-refractivity contribution in [3.63, 3.8) is 0 Å². The molecule has 124 valence electrons. The van der Waals surface area contributed by atoms with Crippen LogP contribution in [0.2, 0.25) is 0 Å². The summed E-state index contributed by atoms with van der Waals surface area (Å²) in [6.07, 6.45) is 0.719. The van der Waals surface area contributed by atoms with Gasteiger partial charge in [-0.2, -0.15) is 5.26 Å². The van der Waals surface area contributed by atoms with Gasteiger partial charge in [0.2, 0.25) is 5.75 Å². The van der Waals surface area contributed by atoms with E-state index < -0.39 is 4.92 Å². The predicted octanol–water partition coefficient (Wildman–Crippen LogP) is 1.58. The summed E-state index contributed by atoms with van der Waals surface area (Å²) < 4.78 is 16.0. The average molecular weight is 321 g/mol. The molecule has 0 amide bonds. The van der Waals surface area contributed by atoms with Crippen LogP contribution in [-0.4, -0.2) is 56.4 Å². The maximum absolute atomic E-state index is 11.2. The largest absolute Gasteiger partial charge is 0.493 e. The van der Waals surface area contributed by atoms with Gasteiger partial charge in [-0.15, -0.1) is 0 Å². The standard InChI is InChI=1S/C15H19N3O5/c1-21-13-4-3-12(11-16)14(18(19)20)15(13)23-8-2-5-17-6-9-22-10-7-17/h3-4H,2,5-10H2,1H3. The highest BCUT2D eigenvalue weighted by atomic mass is 16.6. The van der Waals surface area contributed by atoms with E-state index >= 15 is 0 Å². The van der Waals surface area contributed by atoms with Crippen molar-refractivity contribution >= 4 is 5.69 Å². The molecule has 1 fully saturated rings. The summed E-state index contributed by atoms with van der Waals surface area (Å²) in [6.45, 7) is 4.36. The molecule has 0 aromatic heterocycles. The Kier molecular flexibility index (Phi) is 6.14. The van der Waals surface area contributed by atoms with Crippen molar-refractivity contribution < 1.29 is 19.1 Å². The zero-order valence-corrected chi connectivity index (χ0v) is 13.0. The Hall–Kier alpha value is -2.37. The van der Waals surface area contributed by atoms with Gasteiger partial charge in [-0.25, -0.2) is 0 Å². The van der Waals surface area contributed by atoms with E-state index in [0.717, 1.165) is 39.3 Å². The summed E-state index contributed by atoms with van der Waals surface area (Å²) in [5.74, 6) is 0.264. The van der Waals surface area contributed by atoms with Gasteiger partial charge in [0.1, 0.15) is 11.6 Å². The molecule has 1 aliphatic rings. The monoisotopic (exact) mass is 321 g/mol. The minimum atomic E-state index is -0.613. The second-order valence-electron chi connectivity index (χ2n) is 5.02. The first-order valence-corrected chi connectivity index (χ1v) is 7.35. The van der Waals surface area contributed by atoms with Gasteiger partial charge in [0.15, 0.2) is 5.75 Å². The van der Waals surface area contributed by atoms with Crippen LogP contribution in [0.3, 0.4) is 0 Å². The molecular formula is C15H19N3O5. The van der Waals surface area contributed by atoms with Gasteiger partial charge in [0.25, 0.3) is 0 Å². The molecule has 0 spiro atoms. The molecule has 8 nitrogen and oxygen atoms in total. The van der Waals surface area contributed by atoms with Crippen LogP contribution in [0, 0.1) is 21.4 Å². The van der Waals surface area contributed by atoms with E-state index in [4.69, 9.17) is 19.5 Å². The number of rotatable bonds is 7. The Morgan fingerprint density at radius 3 is 2.78 bits per heavy atom. The summed E-state index contributed by atoms with van der Waals surface area (Å²) in [5, 5.41) is 20.3. The highest BCUT2D eigenvalue weighted by molar-refractivity contribution is 5.64. The van der Waals surface area contributed by atoms with E-state index in [-0.39, 0.29) is 22.7 Å². The third kappa shape index (κ3) is 4.31. The summed E-state index contributed by atoms with van der Waals surface area (Å²) >= 11 is 0. The van der Waals surface area contributed by atoms with Gasteiger partial charge in [0, 0.05) is 19.6 Å². The molecule has 0 N–H and O–H groups in total. The van der Waals surface area contributed by atoms with Crippen LogP contribution in [0.25, 0.3) is 0 Å². The lowest BCUT2D eigenvalue weighted by Crippen LogP contribution is -2.37. The lowest BCUT2D eigenvalue weighted by Gasteiger charge is -2.26. The second-order valence-corrected chi connectivity index (χ2v) is 5.02. The van der Waals surface area contributed by atoms with E-state index in [1.165, 1.54) is 19.2 Å². The van der Waals surface area contributed by atoms with Crippen molar-refractivity contribution in [1.82, 2.24) is 4.90 Å². The number of hydrogen-bond donors (Lipinski definition) is 0. The molecule has 0 radical (unpaired) electrons. The van der Waals surface area contributed by atoms with Gasteiger partial charge in [-0.3, -0.25) is 15.0 Å². The van der Waals surface area contributed by atoms with Crippen LogP contribution < -0.4 is 9.47 Å². The van der Waals surface area contributed by atoms with Gasteiger partial charge < -0.3 is 14.2 Å². The van der Waals surface area contributed by atoms with E-state index in [1.54, 1.807) is 0 Å². The third-order valence-electron chi connectivity index (χ3n) is 3.59. The molecule has 0 atom stereocenters. The molecule has 1 aliphatic heterocycles. The first-order chi connectivity index (χ1) is 11.2. The Morgan fingerprint density at radius 2 is 2.17 bits per heavy atom. The SMILES string of the molecule is COc1ccc(C#N)c([N+](=O)[O-])c1OCCCN1CCOCC1.